The average Bonchev–Trinajstić information content (AvgIpc) is 2.55. The van der Waals surface area contributed by atoms with E-state index in [-0.39, 0.29) is 5.91 Å². The molecule has 1 N–H and O–H groups in total. The molecular weight excluding hydrogens is 300 g/mol. The molecule has 1 aromatic heterocycles. The van der Waals surface area contributed by atoms with Crippen LogP contribution in [0.25, 0.3) is 0 Å². The minimum Gasteiger partial charge on any atom is -0.341 e. The summed E-state index contributed by atoms with van der Waals surface area (Å²) in [5.41, 5.74) is 3.12. The molecule has 5 nitrogen and oxygen atoms in total. The number of hydrogen-bond donors (Lipinski definition) is 1. The zero-order valence-electron chi connectivity index (χ0n) is 15.1. The van der Waals surface area contributed by atoms with Crippen LogP contribution in [0.5, 0.6) is 0 Å². The number of aromatic nitrogens is 2. The first-order valence-electron chi connectivity index (χ1n) is 8.47. The molecule has 24 heavy (non-hydrogen) atoms. The second kappa shape index (κ2) is 7.90. The van der Waals surface area contributed by atoms with E-state index in [1.54, 1.807) is 6.07 Å². The smallest absolute Gasteiger partial charge is 0.274 e. The van der Waals surface area contributed by atoms with Gasteiger partial charge in [-0.15, -0.1) is 0 Å². The fourth-order valence-electron chi connectivity index (χ4n) is 2.62. The van der Waals surface area contributed by atoms with E-state index in [4.69, 9.17) is 0 Å². The Labute approximate surface area is 144 Å². The first-order chi connectivity index (χ1) is 11.5. The maximum absolute atomic E-state index is 12.7. The third kappa shape index (κ3) is 4.10. The van der Waals surface area contributed by atoms with Gasteiger partial charge in [-0.2, -0.15) is 0 Å². The van der Waals surface area contributed by atoms with Crippen molar-refractivity contribution in [2.45, 2.75) is 40.5 Å². The third-order valence-electron chi connectivity index (χ3n) is 3.95. The standard InChI is InChI=1S/C19H26N4O/c1-6-23(7-2)19-20-14(5)12-17(22-19)18(24)21-16-11-9-8-10-15(16)13(3)4/h8-13H,6-7H2,1-5H3,(H,21,24). The Bertz CT molecular complexity index is 708. The topological polar surface area (TPSA) is 58.1 Å². The molecule has 0 unspecified atom stereocenters. The number of carbonyl (C=O) groups excluding carboxylic acids is 1. The lowest BCUT2D eigenvalue weighted by Gasteiger charge is -2.19. The van der Waals surface area contributed by atoms with E-state index in [0.29, 0.717) is 17.6 Å². The molecule has 0 saturated carbocycles. The van der Waals surface area contributed by atoms with E-state index in [1.807, 2.05) is 49.9 Å². The molecule has 0 bridgehead atoms. The van der Waals surface area contributed by atoms with E-state index in [9.17, 15) is 4.79 Å². The van der Waals surface area contributed by atoms with Crippen molar-refractivity contribution < 1.29 is 4.79 Å². The zero-order chi connectivity index (χ0) is 17.7. The van der Waals surface area contributed by atoms with E-state index in [2.05, 4.69) is 29.1 Å². The molecule has 0 aliphatic heterocycles. The molecular formula is C19H26N4O. The molecule has 5 heteroatoms. The summed E-state index contributed by atoms with van der Waals surface area (Å²) < 4.78 is 0. The number of anilines is 2. The van der Waals surface area contributed by atoms with Gasteiger partial charge in [-0.05, 0) is 44.4 Å². The van der Waals surface area contributed by atoms with Crippen LogP contribution in [0.4, 0.5) is 11.6 Å². The highest BCUT2D eigenvalue weighted by Crippen LogP contribution is 2.24. The predicted molar refractivity (Wildman–Crippen MR) is 98.8 cm³/mol. The maximum Gasteiger partial charge on any atom is 0.274 e. The largest absolute Gasteiger partial charge is 0.341 e. The second-order valence-corrected chi connectivity index (χ2v) is 6.06. The van der Waals surface area contributed by atoms with Crippen molar-refractivity contribution in [3.05, 3.63) is 47.3 Å². The van der Waals surface area contributed by atoms with Crippen molar-refractivity contribution in [1.82, 2.24) is 9.97 Å². The average molecular weight is 326 g/mol. The predicted octanol–water partition coefficient (Wildman–Crippen LogP) is 4.01. The Balaban J connectivity index is 2.31. The van der Waals surface area contributed by atoms with Gasteiger partial charge in [0.2, 0.25) is 5.95 Å². The molecule has 0 radical (unpaired) electrons. The molecule has 0 atom stereocenters. The highest BCUT2D eigenvalue weighted by Gasteiger charge is 2.15. The summed E-state index contributed by atoms with van der Waals surface area (Å²) >= 11 is 0. The summed E-state index contributed by atoms with van der Waals surface area (Å²) in [4.78, 5) is 23.6. The lowest BCUT2D eigenvalue weighted by molar-refractivity contribution is 0.102. The first kappa shape index (κ1) is 17.9. The van der Waals surface area contributed by atoms with Crippen LogP contribution < -0.4 is 10.2 Å². The van der Waals surface area contributed by atoms with Crippen LogP contribution in [0.1, 0.15) is 55.4 Å². The minimum atomic E-state index is -0.206. The number of nitrogens with zero attached hydrogens (tertiary/aromatic N) is 3. The number of benzene rings is 1. The van der Waals surface area contributed by atoms with Crippen LogP contribution >= 0.6 is 0 Å². The van der Waals surface area contributed by atoms with Gasteiger partial charge in [0.05, 0.1) is 0 Å². The molecule has 2 rings (SSSR count). The normalized spacial score (nSPS) is 10.8. The van der Waals surface area contributed by atoms with Gasteiger partial charge >= 0.3 is 0 Å². The summed E-state index contributed by atoms with van der Waals surface area (Å²) in [6, 6.07) is 9.59. The molecule has 1 aromatic carbocycles. The lowest BCUT2D eigenvalue weighted by atomic mass is 10.0. The molecule has 0 spiro atoms. The zero-order valence-corrected chi connectivity index (χ0v) is 15.1. The SMILES string of the molecule is CCN(CC)c1nc(C)cc(C(=O)Nc2ccccc2C(C)C)n1. The molecule has 2 aromatic rings. The number of nitrogens with one attached hydrogen (secondary N) is 1. The van der Waals surface area contributed by atoms with Gasteiger partial charge in [-0.3, -0.25) is 4.79 Å². The van der Waals surface area contributed by atoms with Crippen LogP contribution in [-0.2, 0) is 0 Å². The monoisotopic (exact) mass is 326 g/mol. The minimum absolute atomic E-state index is 0.206. The van der Waals surface area contributed by atoms with Gasteiger partial charge in [0.15, 0.2) is 0 Å². The number of rotatable bonds is 6. The fraction of sp³-hybridized carbons (Fsp3) is 0.421. The Kier molecular flexibility index (Phi) is 5.90. The van der Waals surface area contributed by atoms with Gasteiger partial charge in [0.25, 0.3) is 5.91 Å². The van der Waals surface area contributed by atoms with Crippen LogP contribution in [0.15, 0.2) is 30.3 Å². The fourth-order valence-corrected chi connectivity index (χ4v) is 2.62. The Morgan fingerprint density at radius 3 is 2.46 bits per heavy atom. The van der Waals surface area contributed by atoms with Gasteiger partial charge in [-0.25, -0.2) is 9.97 Å². The van der Waals surface area contributed by atoms with Crippen LogP contribution in [0, 0.1) is 6.92 Å². The van der Waals surface area contributed by atoms with E-state index >= 15 is 0 Å². The lowest BCUT2D eigenvalue weighted by Crippen LogP contribution is -2.26. The van der Waals surface area contributed by atoms with Gasteiger partial charge in [-0.1, -0.05) is 32.0 Å². The second-order valence-electron chi connectivity index (χ2n) is 6.06. The van der Waals surface area contributed by atoms with E-state index in [1.165, 1.54) is 0 Å². The van der Waals surface area contributed by atoms with Gasteiger partial charge in [0, 0.05) is 24.5 Å². The third-order valence-corrected chi connectivity index (χ3v) is 3.95. The van der Waals surface area contributed by atoms with E-state index in [0.717, 1.165) is 30.0 Å². The maximum atomic E-state index is 12.7. The van der Waals surface area contributed by atoms with Crippen LogP contribution in [0.3, 0.4) is 0 Å². The van der Waals surface area contributed by atoms with Crippen LogP contribution in [0.2, 0.25) is 0 Å². The number of amides is 1. The molecule has 0 saturated heterocycles. The molecule has 128 valence electrons. The molecule has 1 amide bonds. The van der Waals surface area contributed by atoms with Crippen molar-refractivity contribution in [2.24, 2.45) is 0 Å². The summed E-state index contributed by atoms with van der Waals surface area (Å²) in [6.45, 7) is 11.8. The summed E-state index contributed by atoms with van der Waals surface area (Å²) in [5.74, 6) is 0.726. The van der Waals surface area contributed by atoms with Gasteiger partial charge in [0.1, 0.15) is 5.69 Å². The highest BCUT2D eigenvalue weighted by molar-refractivity contribution is 6.03. The Morgan fingerprint density at radius 1 is 1.17 bits per heavy atom. The highest BCUT2D eigenvalue weighted by atomic mass is 16.1. The number of aryl methyl sites for hydroxylation is 1. The first-order valence-corrected chi connectivity index (χ1v) is 8.47. The number of hydrogen-bond acceptors (Lipinski definition) is 4. The van der Waals surface area contributed by atoms with Crippen LogP contribution in [-0.4, -0.2) is 29.0 Å². The van der Waals surface area contributed by atoms with E-state index < -0.39 is 0 Å². The van der Waals surface area contributed by atoms with Gasteiger partial charge < -0.3 is 10.2 Å². The molecule has 1 heterocycles. The molecule has 0 aliphatic rings. The summed E-state index contributed by atoms with van der Waals surface area (Å²) in [7, 11) is 0. The Hall–Kier alpha value is -2.43. The van der Waals surface area contributed by atoms with Crippen molar-refractivity contribution in [3.8, 4) is 0 Å². The van der Waals surface area contributed by atoms with Crippen molar-refractivity contribution in [2.75, 3.05) is 23.3 Å². The van der Waals surface area contributed by atoms with Crippen molar-refractivity contribution in [1.29, 1.82) is 0 Å². The molecule has 0 fully saturated rings. The number of para-hydroxylation sites is 1. The Morgan fingerprint density at radius 2 is 1.83 bits per heavy atom. The number of carbonyl (C=O) groups is 1. The van der Waals surface area contributed by atoms with Crippen molar-refractivity contribution >= 4 is 17.5 Å². The quantitative estimate of drug-likeness (QED) is 0.871. The summed E-state index contributed by atoms with van der Waals surface area (Å²) in [5, 5.41) is 2.99. The summed E-state index contributed by atoms with van der Waals surface area (Å²) in [6.07, 6.45) is 0. The molecule has 0 aliphatic carbocycles. The van der Waals surface area contributed by atoms with Crippen molar-refractivity contribution in [3.63, 3.8) is 0 Å².